The van der Waals surface area contributed by atoms with E-state index in [2.05, 4.69) is 29.3 Å². The van der Waals surface area contributed by atoms with Crippen molar-refractivity contribution in [1.29, 1.82) is 0 Å². The molecule has 3 aromatic rings. The predicted octanol–water partition coefficient (Wildman–Crippen LogP) is 5.65. The molecule has 0 spiro atoms. The molecule has 7 nitrogen and oxygen atoms in total. The van der Waals surface area contributed by atoms with Gasteiger partial charge in [-0.15, -0.1) is 0 Å². The Labute approximate surface area is 251 Å². The van der Waals surface area contributed by atoms with Gasteiger partial charge < -0.3 is 10.1 Å². The number of benzene rings is 3. The summed E-state index contributed by atoms with van der Waals surface area (Å²) in [5, 5.41) is 3.69. The van der Waals surface area contributed by atoms with Crippen molar-refractivity contribution in [2.24, 2.45) is 5.92 Å². The van der Waals surface area contributed by atoms with Crippen LogP contribution in [0.25, 0.3) is 0 Å². The van der Waals surface area contributed by atoms with Gasteiger partial charge in [-0.2, -0.15) is 0 Å². The lowest BCUT2D eigenvalue weighted by atomic mass is 9.92. The smallest absolute Gasteiger partial charge is 0.309 e. The number of esters is 1. The van der Waals surface area contributed by atoms with E-state index in [1.807, 2.05) is 54.6 Å². The summed E-state index contributed by atoms with van der Waals surface area (Å²) < 4.78 is 33.8. The molecule has 42 heavy (non-hydrogen) atoms. The van der Waals surface area contributed by atoms with E-state index in [9.17, 15) is 13.2 Å². The van der Waals surface area contributed by atoms with Gasteiger partial charge in [-0.05, 0) is 61.4 Å². The van der Waals surface area contributed by atoms with Crippen LogP contribution in [-0.4, -0.2) is 63.0 Å². The summed E-state index contributed by atoms with van der Waals surface area (Å²) in [7, 11) is -1.93. The first kappa shape index (κ1) is 31.9. The lowest BCUT2D eigenvalue weighted by Gasteiger charge is -2.40. The van der Waals surface area contributed by atoms with Crippen molar-refractivity contribution in [1.82, 2.24) is 14.5 Å². The van der Waals surface area contributed by atoms with E-state index in [4.69, 9.17) is 4.74 Å². The Morgan fingerprint density at radius 2 is 1.64 bits per heavy atom. The fourth-order valence-electron chi connectivity index (χ4n) is 5.59. The van der Waals surface area contributed by atoms with E-state index in [-0.39, 0.29) is 24.0 Å². The second-order valence-corrected chi connectivity index (χ2v) is 13.2. The van der Waals surface area contributed by atoms with Crippen molar-refractivity contribution in [3.8, 4) is 0 Å². The molecular weight excluding hydrogens is 546 g/mol. The quantitative estimate of drug-likeness (QED) is 0.182. The highest BCUT2D eigenvalue weighted by Gasteiger charge is 2.33. The van der Waals surface area contributed by atoms with Crippen molar-refractivity contribution in [2.45, 2.75) is 62.6 Å². The molecule has 1 N–H and O–H groups in total. The molecular formula is C34H45N3O4S. The Morgan fingerprint density at radius 3 is 2.31 bits per heavy atom. The first-order valence-corrected chi connectivity index (χ1v) is 16.6. The summed E-state index contributed by atoms with van der Waals surface area (Å²) in [5.74, 6) is -0.244. The fraction of sp³-hybridized carbons (Fsp3) is 0.441. The van der Waals surface area contributed by atoms with E-state index < -0.39 is 10.0 Å². The Morgan fingerprint density at radius 1 is 1.00 bits per heavy atom. The van der Waals surface area contributed by atoms with E-state index in [0.29, 0.717) is 24.5 Å². The Kier molecular flexibility index (Phi) is 12.1. The zero-order valence-electron chi connectivity index (χ0n) is 24.9. The van der Waals surface area contributed by atoms with Crippen molar-refractivity contribution >= 4 is 16.0 Å². The van der Waals surface area contributed by atoms with Crippen LogP contribution in [0, 0.1) is 5.92 Å². The summed E-state index contributed by atoms with van der Waals surface area (Å²) in [6.07, 6.45) is 4.49. The average Bonchev–Trinajstić information content (AvgIpc) is 3.03. The minimum absolute atomic E-state index is 0.0274. The van der Waals surface area contributed by atoms with Crippen LogP contribution < -0.4 is 5.32 Å². The summed E-state index contributed by atoms with van der Waals surface area (Å²) in [6, 6.07) is 28.6. The molecule has 0 aliphatic carbocycles. The zero-order valence-corrected chi connectivity index (χ0v) is 25.7. The highest BCUT2D eigenvalue weighted by molar-refractivity contribution is 7.89. The first-order chi connectivity index (χ1) is 20.4. The highest BCUT2D eigenvalue weighted by atomic mass is 32.2. The number of nitrogens with zero attached hydrogens (tertiary/aromatic N) is 2. The van der Waals surface area contributed by atoms with Crippen molar-refractivity contribution < 1.29 is 17.9 Å². The van der Waals surface area contributed by atoms with E-state index in [1.54, 1.807) is 31.3 Å². The second-order valence-electron chi connectivity index (χ2n) is 11.2. The van der Waals surface area contributed by atoms with Crippen LogP contribution in [0.4, 0.5) is 0 Å². The zero-order chi connectivity index (χ0) is 29.8. The Hall–Kier alpha value is -3.04. The molecule has 1 heterocycles. The van der Waals surface area contributed by atoms with Gasteiger partial charge >= 0.3 is 5.97 Å². The van der Waals surface area contributed by atoms with Crippen molar-refractivity contribution in [3.05, 3.63) is 102 Å². The van der Waals surface area contributed by atoms with Crippen LogP contribution in [0.15, 0.2) is 95.9 Å². The highest BCUT2D eigenvalue weighted by Crippen LogP contribution is 2.28. The van der Waals surface area contributed by atoms with Crippen LogP contribution in [-0.2, 0) is 26.2 Å². The summed E-state index contributed by atoms with van der Waals surface area (Å²) in [5.41, 5.74) is 2.12. The third kappa shape index (κ3) is 8.98. The molecule has 226 valence electrons. The molecule has 8 heteroatoms. The molecule has 1 aliphatic rings. The molecule has 0 saturated carbocycles. The van der Waals surface area contributed by atoms with E-state index in [1.165, 1.54) is 4.31 Å². The Balaban J connectivity index is 1.41. The maximum atomic E-state index is 13.3. The lowest BCUT2D eigenvalue weighted by Crippen LogP contribution is -2.52. The van der Waals surface area contributed by atoms with Crippen molar-refractivity contribution in [3.63, 3.8) is 0 Å². The predicted molar refractivity (Wildman–Crippen MR) is 167 cm³/mol. The van der Waals surface area contributed by atoms with Gasteiger partial charge in [0.15, 0.2) is 0 Å². The third-order valence-corrected chi connectivity index (χ3v) is 9.98. The van der Waals surface area contributed by atoms with Crippen LogP contribution in [0.1, 0.15) is 56.1 Å². The fourth-order valence-corrected chi connectivity index (χ4v) is 6.83. The van der Waals surface area contributed by atoms with Crippen LogP contribution >= 0.6 is 0 Å². The van der Waals surface area contributed by atoms with E-state index >= 15 is 0 Å². The van der Waals surface area contributed by atoms with Crippen LogP contribution in [0.2, 0.25) is 0 Å². The summed E-state index contributed by atoms with van der Waals surface area (Å²) in [6.45, 7) is 5.34. The first-order valence-electron chi connectivity index (χ1n) is 15.1. The number of hydrogen-bond acceptors (Lipinski definition) is 6. The normalized spacial score (nSPS) is 18.5. The van der Waals surface area contributed by atoms with Gasteiger partial charge in [-0.1, -0.05) is 92.2 Å². The number of nitrogens with one attached hydrogen (secondary N) is 1. The minimum atomic E-state index is -3.60. The van der Waals surface area contributed by atoms with Gasteiger partial charge in [0.25, 0.3) is 0 Å². The summed E-state index contributed by atoms with van der Waals surface area (Å²) in [4.78, 5) is 15.7. The average molecular weight is 592 g/mol. The maximum Gasteiger partial charge on any atom is 0.309 e. The molecule has 0 radical (unpaired) electrons. The topological polar surface area (TPSA) is 79.0 Å². The number of likely N-dealkylation sites (N-methyl/N-ethyl adjacent to an activating group) is 1. The maximum absolute atomic E-state index is 13.3. The Bertz CT molecular complexity index is 1320. The number of sulfonamides is 1. The number of piperidine rings is 1. The van der Waals surface area contributed by atoms with Gasteiger partial charge in [0.2, 0.25) is 10.0 Å². The molecule has 4 rings (SSSR count). The van der Waals surface area contributed by atoms with Crippen LogP contribution in [0.3, 0.4) is 0 Å². The third-order valence-electron chi connectivity index (χ3n) is 8.15. The SMILES string of the molecule is CCCCN[C@H]1C[C@@H](C(=O)OCc2ccccc2)CCN1CCC(CN(C)S(=O)(=O)c1ccccc1)c1ccccc1. The number of carbonyl (C=O) groups is 1. The number of likely N-dealkylation sites (tertiary alicyclic amines) is 1. The number of carbonyl (C=O) groups excluding carboxylic acids is 1. The molecule has 1 aliphatic heterocycles. The second kappa shape index (κ2) is 16.0. The molecule has 0 aromatic heterocycles. The minimum Gasteiger partial charge on any atom is -0.461 e. The summed E-state index contributed by atoms with van der Waals surface area (Å²) >= 11 is 0. The standard InChI is InChI=1S/C34H45N3O4S/c1-3-4-22-35-33-25-30(34(38)41-27-28-14-8-5-9-15-28)20-23-37(33)24-21-31(29-16-10-6-11-17-29)26-36(2)42(39,40)32-18-12-7-13-19-32/h5-19,30-31,33,35H,3-4,20-27H2,1-2H3/t30-,31?,33+/m0/s1. The molecule has 1 unspecified atom stereocenters. The number of unbranched alkanes of at least 4 members (excludes halogenated alkanes) is 1. The van der Waals surface area contributed by atoms with E-state index in [0.717, 1.165) is 56.4 Å². The monoisotopic (exact) mass is 591 g/mol. The molecule has 0 amide bonds. The van der Waals surface area contributed by atoms with Gasteiger partial charge in [0.1, 0.15) is 6.61 Å². The van der Waals surface area contributed by atoms with Crippen LogP contribution in [0.5, 0.6) is 0 Å². The molecule has 1 saturated heterocycles. The van der Waals surface area contributed by atoms with Gasteiger partial charge in [0, 0.05) is 26.7 Å². The van der Waals surface area contributed by atoms with Gasteiger partial charge in [0.05, 0.1) is 17.0 Å². The van der Waals surface area contributed by atoms with Crippen molar-refractivity contribution in [2.75, 3.05) is 33.2 Å². The molecule has 0 bridgehead atoms. The number of ether oxygens (including phenoxy) is 1. The molecule has 3 atom stereocenters. The van der Waals surface area contributed by atoms with Gasteiger partial charge in [-0.3, -0.25) is 9.69 Å². The number of rotatable bonds is 15. The molecule has 3 aromatic carbocycles. The molecule has 1 fully saturated rings. The van der Waals surface area contributed by atoms with Gasteiger partial charge in [-0.25, -0.2) is 12.7 Å². The lowest BCUT2D eigenvalue weighted by molar-refractivity contribution is -0.152. The number of hydrogen-bond donors (Lipinski definition) is 1. The largest absolute Gasteiger partial charge is 0.461 e.